The topological polar surface area (TPSA) is 30.9 Å². The average Bonchev–Trinajstić information content (AvgIpc) is 3.38. The molecule has 4 nitrogen and oxygen atoms in total. The smallest absolute Gasteiger partial charge is 0.161 e. The second-order valence-corrected chi connectivity index (χ2v) is 9.49. The van der Waals surface area contributed by atoms with Gasteiger partial charge in [-0.1, -0.05) is 110 Å². The highest BCUT2D eigenvalue weighted by Crippen LogP contribution is 2.41. The van der Waals surface area contributed by atoms with Crippen LogP contribution in [0.25, 0.3) is 0 Å². The number of methoxy groups -OCH3 is 1. The van der Waals surface area contributed by atoms with Gasteiger partial charge in [-0.05, 0) is 40.8 Å². The van der Waals surface area contributed by atoms with Crippen molar-refractivity contribution in [2.24, 2.45) is 0 Å². The van der Waals surface area contributed by atoms with Gasteiger partial charge in [-0.3, -0.25) is 4.90 Å². The molecule has 1 aliphatic heterocycles. The van der Waals surface area contributed by atoms with Gasteiger partial charge in [0.25, 0.3) is 0 Å². The zero-order chi connectivity index (χ0) is 25.5. The molecule has 0 aromatic heterocycles. The van der Waals surface area contributed by atoms with E-state index < -0.39 is 0 Å². The van der Waals surface area contributed by atoms with Crippen LogP contribution in [0.4, 0.5) is 0 Å². The van der Waals surface area contributed by atoms with Crippen LogP contribution in [0, 0.1) is 0 Å². The molecule has 4 aromatic rings. The van der Waals surface area contributed by atoms with E-state index in [1.165, 1.54) is 16.7 Å². The van der Waals surface area contributed by atoms with E-state index in [2.05, 4.69) is 109 Å². The second-order valence-electron chi connectivity index (χ2n) is 9.49. The number of hydrogen-bond acceptors (Lipinski definition) is 4. The lowest BCUT2D eigenvalue weighted by atomic mass is 9.96. The van der Waals surface area contributed by atoms with Crippen LogP contribution in [-0.2, 0) is 11.2 Å². The normalized spacial score (nSPS) is 17.7. The Hall–Kier alpha value is -3.60. The zero-order valence-corrected chi connectivity index (χ0v) is 21.6. The van der Waals surface area contributed by atoms with Gasteiger partial charge < -0.3 is 14.2 Å². The second kappa shape index (κ2) is 12.1. The Bertz CT molecular complexity index is 1210. The predicted octanol–water partition coefficient (Wildman–Crippen LogP) is 7.22. The molecule has 0 N–H and O–H groups in total. The lowest BCUT2D eigenvalue weighted by molar-refractivity contribution is -0.0236. The molecule has 1 fully saturated rings. The van der Waals surface area contributed by atoms with E-state index in [0.29, 0.717) is 6.61 Å². The third-order valence-corrected chi connectivity index (χ3v) is 6.88. The van der Waals surface area contributed by atoms with Crippen LogP contribution in [0.1, 0.15) is 47.9 Å². The summed E-state index contributed by atoms with van der Waals surface area (Å²) in [5.74, 6) is 1.52. The molecule has 1 aliphatic rings. The first kappa shape index (κ1) is 25.1. The fraction of sp³-hybridized carbons (Fsp3) is 0.273. The monoisotopic (exact) mass is 493 g/mol. The Morgan fingerprint density at radius 3 is 2.03 bits per heavy atom. The first-order chi connectivity index (χ1) is 18.3. The largest absolute Gasteiger partial charge is 0.493 e. The first-order valence-corrected chi connectivity index (χ1v) is 13.1. The predicted molar refractivity (Wildman–Crippen MR) is 148 cm³/mol. The third kappa shape index (κ3) is 5.87. The van der Waals surface area contributed by atoms with Gasteiger partial charge in [-0.15, -0.1) is 0 Å². The molecule has 5 rings (SSSR count). The van der Waals surface area contributed by atoms with Gasteiger partial charge in [0.15, 0.2) is 11.5 Å². The van der Waals surface area contributed by atoms with Crippen molar-refractivity contribution in [3.05, 3.63) is 131 Å². The summed E-state index contributed by atoms with van der Waals surface area (Å²) < 4.78 is 18.6. The lowest BCUT2D eigenvalue weighted by Crippen LogP contribution is -2.31. The van der Waals surface area contributed by atoms with Gasteiger partial charge in [0.05, 0.1) is 13.2 Å². The highest BCUT2D eigenvalue weighted by atomic mass is 16.6. The van der Waals surface area contributed by atoms with Gasteiger partial charge in [-0.2, -0.15) is 0 Å². The standard InChI is InChI=1S/C33H35NO3/c1-3-13-25-20-21-30(31(22-25)35-2)36-24-29-23-34(33(37-29)28-18-11-6-12-19-28)32(26-14-7-4-8-15-26)27-16-9-5-10-17-27/h4-12,14-22,29,32-33H,3,13,23-24H2,1-2H3. The zero-order valence-electron chi connectivity index (χ0n) is 21.6. The van der Waals surface area contributed by atoms with Crippen LogP contribution in [-0.4, -0.2) is 31.3 Å². The average molecular weight is 494 g/mol. The molecular formula is C33H35NO3. The number of ether oxygens (including phenoxy) is 3. The summed E-state index contributed by atoms with van der Waals surface area (Å²) in [5, 5.41) is 0. The molecule has 0 aliphatic carbocycles. The number of hydrogen-bond donors (Lipinski definition) is 0. The number of nitrogens with zero attached hydrogens (tertiary/aromatic N) is 1. The van der Waals surface area contributed by atoms with E-state index in [-0.39, 0.29) is 18.4 Å². The van der Waals surface area contributed by atoms with Gasteiger partial charge in [-0.25, -0.2) is 0 Å². The van der Waals surface area contributed by atoms with E-state index >= 15 is 0 Å². The summed E-state index contributed by atoms with van der Waals surface area (Å²) in [4.78, 5) is 2.45. The van der Waals surface area contributed by atoms with Crippen molar-refractivity contribution in [1.29, 1.82) is 0 Å². The fourth-order valence-corrected chi connectivity index (χ4v) is 5.16. The fourth-order valence-electron chi connectivity index (χ4n) is 5.16. The van der Waals surface area contributed by atoms with Crippen LogP contribution in [0.5, 0.6) is 11.5 Å². The van der Waals surface area contributed by atoms with Crippen LogP contribution in [0.15, 0.2) is 109 Å². The molecule has 190 valence electrons. The van der Waals surface area contributed by atoms with Crippen LogP contribution in [0.3, 0.4) is 0 Å². The lowest BCUT2D eigenvalue weighted by Gasteiger charge is -2.32. The van der Waals surface area contributed by atoms with Crippen LogP contribution >= 0.6 is 0 Å². The summed E-state index contributed by atoms with van der Waals surface area (Å²) in [6.07, 6.45) is 1.84. The number of rotatable bonds is 10. The molecule has 0 spiro atoms. The highest BCUT2D eigenvalue weighted by Gasteiger charge is 2.39. The van der Waals surface area contributed by atoms with Crippen molar-refractivity contribution in [2.45, 2.75) is 38.1 Å². The minimum absolute atomic E-state index is 0.0560. The van der Waals surface area contributed by atoms with E-state index in [9.17, 15) is 0 Å². The summed E-state index contributed by atoms with van der Waals surface area (Å²) in [7, 11) is 1.70. The molecule has 4 aromatic carbocycles. The van der Waals surface area contributed by atoms with E-state index in [0.717, 1.165) is 36.4 Å². The van der Waals surface area contributed by atoms with Gasteiger partial charge in [0, 0.05) is 6.54 Å². The summed E-state index contributed by atoms with van der Waals surface area (Å²) >= 11 is 0. The molecule has 4 heteroatoms. The SMILES string of the molecule is CCCc1ccc(OCC2CN(C(c3ccccc3)c3ccccc3)C(c3ccccc3)O2)c(OC)c1. The van der Waals surface area contributed by atoms with Crippen molar-refractivity contribution < 1.29 is 14.2 Å². The molecule has 1 saturated heterocycles. The first-order valence-electron chi connectivity index (χ1n) is 13.1. The van der Waals surface area contributed by atoms with Gasteiger partial charge in [0.2, 0.25) is 0 Å². The molecule has 0 saturated carbocycles. The molecule has 0 amide bonds. The Kier molecular flexibility index (Phi) is 8.19. The molecule has 2 unspecified atom stereocenters. The Morgan fingerprint density at radius 1 is 0.811 bits per heavy atom. The summed E-state index contributed by atoms with van der Waals surface area (Å²) in [5.41, 5.74) is 4.89. The van der Waals surface area contributed by atoms with Crippen LogP contribution < -0.4 is 9.47 Å². The molecule has 0 radical (unpaired) electrons. The number of benzene rings is 4. The maximum Gasteiger partial charge on any atom is 0.161 e. The van der Waals surface area contributed by atoms with Crippen molar-refractivity contribution in [3.63, 3.8) is 0 Å². The van der Waals surface area contributed by atoms with Crippen molar-refractivity contribution in [1.82, 2.24) is 4.90 Å². The minimum atomic E-state index is -0.186. The Labute approximate surface area is 220 Å². The molecule has 2 atom stereocenters. The molecule has 0 bridgehead atoms. The van der Waals surface area contributed by atoms with E-state index in [1.54, 1.807) is 7.11 Å². The van der Waals surface area contributed by atoms with Gasteiger partial charge in [0.1, 0.15) is 18.9 Å². The van der Waals surface area contributed by atoms with Gasteiger partial charge >= 0.3 is 0 Å². The van der Waals surface area contributed by atoms with Crippen molar-refractivity contribution in [2.75, 3.05) is 20.3 Å². The Balaban J connectivity index is 1.43. The highest BCUT2D eigenvalue weighted by molar-refractivity contribution is 5.43. The number of aryl methyl sites for hydroxylation is 1. The summed E-state index contributed by atoms with van der Waals surface area (Å²) in [6, 6.07) is 38.1. The molecule has 37 heavy (non-hydrogen) atoms. The molecule has 1 heterocycles. The Morgan fingerprint density at radius 2 is 1.43 bits per heavy atom. The quantitative estimate of drug-likeness (QED) is 0.233. The maximum absolute atomic E-state index is 6.70. The maximum atomic E-state index is 6.70. The minimum Gasteiger partial charge on any atom is -0.493 e. The van der Waals surface area contributed by atoms with E-state index in [4.69, 9.17) is 14.2 Å². The van der Waals surface area contributed by atoms with E-state index in [1.807, 2.05) is 12.1 Å². The third-order valence-electron chi connectivity index (χ3n) is 6.88. The van der Waals surface area contributed by atoms with Crippen LogP contribution in [0.2, 0.25) is 0 Å². The molecular weight excluding hydrogens is 458 g/mol. The van der Waals surface area contributed by atoms with Crippen molar-refractivity contribution >= 4 is 0 Å². The summed E-state index contributed by atoms with van der Waals surface area (Å²) in [6.45, 7) is 3.37. The van der Waals surface area contributed by atoms with Crippen molar-refractivity contribution in [3.8, 4) is 11.5 Å².